The summed E-state index contributed by atoms with van der Waals surface area (Å²) in [6.45, 7) is 2.11. The number of nitrogens with one attached hydrogen (secondary N) is 1. The van der Waals surface area contributed by atoms with Crippen molar-refractivity contribution >= 4 is 74.0 Å². The lowest BCUT2D eigenvalue weighted by molar-refractivity contribution is -0.123. The number of hydrogen-bond donors (Lipinski definition) is 1. The zero-order valence-corrected chi connectivity index (χ0v) is 20.9. The lowest BCUT2D eigenvalue weighted by Gasteiger charge is -2.26. The van der Waals surface area contributed by atoms with Gasteiger partial charge in [-0.15, -0.1) is 0 Å². The number of rotatable bonds is 6. The van der Waals surface area contributed by atoms with E-state index < -0.39 is 28.0 Å². The van der Waals surface area contributed by atoms with Crippen molar-refractivity contribution in [2.75, 3.05) is 31.6 Å². The molecule has 33 heavy (non-hydrogen) atoms. The zero-order valence-electron chi connectivity index (χ0n) is 17.1. The number of nitrogens with zero attached hydrogens (tertiary/aromatic N) is 1. The Balaban J connectivity index is 1.79. The molecule has 0 saturated carbocycles. The third-order valence-electron chi connectivity index (χ3n) is 4.67. The first-order valence-electron chi connectivity index (χ1n) is 9.54. The Morgan fingerprint density at radius 2 is 1.70 bits per heavy atom. The van der Waals surface area contributed by atoms with Crippen LogP contribution >= 0.6 is 46.4 Å². The van der Waals surface area contributed by atoms with Crippen LogP contribution < -0.4 is 5.32 Å². The van der Waals surface area contributed by atoms with Crippen LogP contribution in [-0.2, 0) is 24.3 Å². The average Bonchev–Trinajstić information content (AvgIpc) is 2.75. The van der Waals surface area contributed by atoms with Gasteiger partial charge in [0.1, 0.15) is 4.90 Å². The minimum Gasteiger partial charge on any atom is -0.449 e. The second-order valence-electron chi connectivity index (χ2n) is 6.94. The molecule has 178 valence electrons. The van der Waals surface area contributed by atoms with E-state index >= 15 is 0 Å². The molecular weight excluding hydrogens is 538 g/mol. The molecule has 13 heteroatoms. The summed E-state index contributed by atoms with van der Waals surface area (Å²) in [6, 6.07) is 6.66. The summed E-state index contributed by atoms with van der Waals surface area (Å²) in [6.07, 6.45) is -1.25. The lowest BCUT2D eigenvalue weighted by Crippen LogP contribution is -2.40. The monoisotopic (exact) mass is 554 g/mol. The molecule has 2 aromatic carbocycles. The molecule has 3 rings (SSSR count). The fourth-order valence-corrected chi connectivity index (χ4v) is 5.60. The first kappa shape index (κ1) is 26.0. The van der Waals surface area contributed by atoms with Crippen LogP contribution in [0.1, 0.15) is 17.3 Å². The molecule has 2 aromatic rings. The summed E-state index contributed by atoms with van der Waals surface area (Å²) in [5.74, 6) is -1.67. The number of anilines is 1. The number of amides is 1. The molecule has 0 aromatic heterocycles. The standard InChI is InChI=1S/C20H18Cl4N2O6S/c1-11(19(27)25-17-3-2-12(21)8-15(17)23)32-20(28)13-9-18(16(24)10-14(13)22)33(29,30)26-4-6-31-7-5-26/h2-3,8-11H,4-7H2,1H3,(H,25,27). The van der Waals surface area contributed by atoms with Gasteiger partial charge in [0, 0.05) is 18.1 Å². The van der Waals surface area contributed by atoms with Crippen molar-refractivity contribution in [3.8, 4) is 0 Å². The minimum absolute atomic E-state index is 0.126. The van der Waals surface area contributed by atoms with Crippen molar-refractivity contribution in [2.45, 2.75) is 17.9 Å². The summed E-state index contributed by atoms with van der Waals surface area (Å²) >= 11 is 24.1. The fraction of sp³-hybridized carbons (Fsp3) is 0.300. The van der Waals surface area contributed by atoms with Crippen LogP contribution in [0.5, 0.6) is 0 Å². The molecule has 0 bridgehead atoms. The topological polar surface area (TPSA) is 102 Å². The van der Waals surface area contributed by atoms with Gasteiger partial charge in [0.05, 0.1) is 39.5 Å². The first-order valence-corrected chi connectivity index (χ1v) is 12.5. The summed E-state index contributed by atoms with van der Waals surface area (Å²) in [5, 5.41) is 2.84. The molecule has 1 fully saturated rings. The number of halogens is 4. The molecule has 8 nitrogen and oxygen atoms in total. The normalized spacial score (nSPS) is 15.7. The SMILES string of the molecule is CC(OC(=O)c1cc(S(=O)(=O)N2CCOCC2)c(Cl)cc1Cl)C(=O)Nc1ccc(Cl)cc1Cl. The second kappa shape index (κ2) is 10.8. The highest BCUT2D eigenvalue weighted by Crippen LogP contribution is 2.32. The van der Waals surface area contributed by atoms with E-state index in [0.717, 1.165) is 12.1 Å². The molecule has 1 aliphatic rings. The third kappa shape index (κ3) is 6.10. The highest BCUT2D eigenvalue weighted by molar-refractivity contribution is 7.89. The maximum atomic E-state index is 13.0. The molecule has 0 aliphatic carbocycles. The van der Waals surface area contributed by atoms with Crippen LogP contribution in [0, 0.1) is 0 Å². The maximum absolute atomic E-state index is 13.0. The molecule has 1 atom stereocenters. The molecule has 0 radical (unpaired) electrons. The van der Waals surface area contributed by atoms with Crippen molar-refractivity contribution in [3.05, 3.63) is 56.0 Å². The molecule has 0 spiro atoms. The minimum atomic E-state index is -4.01. The van der Waals surface area contributed by atoms with Gasteiger partial charge in [-0.1, -0.05) is 46.4 Å². The predicted molar refractivity (Wildman–Crippen MR) is 126 cm³/mol. The zero-order chi connectivity index (χ0) is 24.3. The molecule has 1 saturated heterocycles. The highest BCUT2D eigenvalue weighted by Gasteiger charge is 2.31. The van der Waals surface area contributed by atoms with Crippen molar-refractivity contribution < 1.29 is 27.5 Å². The number of sulfonamides is 1. The van der Waals surface area contributed by atoms with E-state index in [-0.39, 0.29) is 57.5 Å². The van der Waals surface area contributed by atoms with E-state index in [9.17, 15) is 18.0 Å². The van der Waals surface area contributed by atoms with Gasteiger partial charge < -0.3 is 14.8 Å². The number of ether oxygens (including phenoxy) is 2. The number of carbonyl (C=O) groups excluding carboxylic acids is 2. The number of hydrogen-bond acceptors (Lipinski definition) is 6. The van der Waals surface area contributed by atoms with Gasteiger partial charge in [-0.3, -0.25) is 4.79 Å². The number of morpholine rings is 1. The van der Waals surface area contributed by atoms with Gasteiger partial charge in [0.15, 0.2) is 6.10 Å². The summed E-state index contributed by atoms with van der Waals surface area (Å²) < 4.78 is 37.5. The van der Waals surface area contributed by atoms with E-state index in [2.05, 4.69) is 5.32 Å². The first-order chi connectivity index (χ1) is 15.5. The van der Waals surface area contributed by atoms with Crippen LogP contribution in [0.4, 0.5) is 5.69 Å². The van der Waals surface area contributed by atoms with E-state index in [1.807, 2.05) is 0 Å². The van der Waals surface area contributed by atoms with Gasteiger partial charge >= 0.3 is 5.97 Å². The van der Waals surface area contributed by atoms with Crippen LogP contribution in [-0.4, -0.2) is 57.0 Å². The van der Waals surface area contributed by atoms with E-state index in [0.29, 0.717) is 5.02 Å². The Morgan fingerprint density at radius 1 is 1.03 bits per heavy atom. The van der Waals surface area contributed by atoms with E-state index in [1.54, 1.807) is 0 Å². The molecule has 1 unspecified atom stereocenters. The van der Waals surface area contributed by atoms with Gasteiger partial charge in [-0.25, -0.2) is 13.2 Å². The number of esters is 1. The largest absolute Gasteiger partial charge is 0.449 e. The molecule has 1 N–H and O–H groups in total. The number of benzene rings is 2. The summed E-state index contributed by atoms with van der Waals surface area (Å²) in [7, 11) is -4.01. The van der Waals surface area contributed by atoms with Crippen molar-refractivity contribution in [1.29, 1.82) is 0 Å². The summed E-state index contributed by atoms with van der Waals surface area (Å²) in [5.41, 5.74) is 0.0226. The Kier molecular flexibility index (Phi) is 8.50. The summed E-state index contributed by atoms with van der Waals surface area (Å²) in [4.78, 5) is 24.9. The predicted octanol–water partition coefficient (Wildman–Crippen LogP) is 4.51. The van der Waals surface area contributed by atoms with Crippen molar-refractivity contribution in [3.63, 3.8) is 0 Å². The smallest absolute Gasteiger partial charge is 0.340 e. The maximum Gasteiger partial charge on any atom is 0.340 e. The molecule has 1 aliphatic heterocycles. The van der Waals surface area contributed by atoms with Crippen LogP contribution in [0.15, 0.2) is 35.2 Å². The van der Waals surface area contributed by atoms with E-state index in [1.165, 1.54) is 29.4 Å². The van der Waals surface area contributed by atoms with Crippen LogP contribution in [0.2, 0.25) is 20.1 Å². The van der Waals surface area contributed by atoms with Gasteiger partial charge in [-0.2, -0.15) is 4.31 Å². The molecular formula is C20H18Cl4N2O6S. The third-order valence-corrected chi connectivity index (χ3v) is 7.90. The lowest BCUT2D eigenvalue weighted by atomic mass is 10.2. The Labute approximate surface area is 210 Å². The Bertz CT molecular complexity index is 1190. The highest BCUT2D eigenvalue weighted by atomic mass is 35.5. The van der Waals surface area contributed by atoms with E-state index in [4.69, 9.17) is 55.9 Å². The average molecular weight is 556 g/mol. The number of carbonyl (C=O) groups is 2. The van der Waals surface area contributed by atoms with Gasteiger partial charge in [0.25, 0.3) is 5.91 Å². The van der Waals surface area contributed by atoms with Gasteiger partial charge in [0.2, 0.25) is 10.0 Å². The van der Waals surface area contributed by atoms with Crippen LogP contribution in [0.25, 0.3) is 0 Å². The second-order valence-corrected chi connectivity index (χ2v) is 10.5. The Morgan fingerprint density at radius 3 is 2.33 bits per heavy atom. The quantitative estimate of drug-likeness (QED) is 0.526. The van der Waals surface area contributed by atoms with Crippen LogP contribution in [0.3, 0.4) is 0 Å². The van der Waals surface area contributed by atoms with Gasteiger partial charge in [-0.05, 0) is 37.3 Å². The van der Waals surface area contributed by atoms with Crippen molar-refractivity contribution in [2.24, 2.45) is 0 Å². The fourth-order valence-electron chi connectivity index (χ4n) is 2.91. The Hall–Kier alpha value is -1.59. The molecule has 1 heterocycles. The van der Waals surface area contributed by atoms with Crippen molar-refractivity contribution in [1.82, 2.24) is 4.31 Å². The molecule has 1 amide bonds.